The Labute approximate surface area is 156 Å². The number of aromatic nitrogens is 1. The summed E-state index contributed by atoms with van der Waals surface area (Å²) in [5, 5.41) is 9.77. The highest BCUT2D eigenvalue weighted by Crippen LogP contribution is 2.43. The smallest absolute Gasteiger partial charge is 0.361 e. The number of rotatable bonds is 4. The van der Waals surface area contributed by atoms with E-state index in [0.717, 1.165) is 4.57 Å². The van der Waals surface area contributed by atoms with Crippen LogP contribution in [0.15, 0.2) is 28.7 Å². The molecule has 24 heavy (non-hydrogen) atoms. The van der Waals surface area contributed by atoms with Crippen molar-refractivity contribution in [2.24, 2.45) is 0 Å². The van der Waals surface area contributed by atoms with Gasteiger partial charge in [-0.25, -0.2) is 0 Å². The molecule has 3 nitrogen and oxygen atoms in total. The number of hydrogen-bond donors (Lipinski definition) is 0. The molecule has 0 saturated heterocycles. The zero-order valence-electron chi connectivity index (χ0n) is 12.3. The first-order chi connectivity index (χ1) is 10.8. The lowest BCUT2D eigenvalue weighted by molar-refractivity contribution is -0.146. The van der Waals surface area contributed by atoms with E-state index in [-0.39, 0.29) is 41.5 Å². The molecule has 0 N–H and O–H groups in total. The molecule has 0 spiro atoms. The lowest BCUT2D eigenvalue weighted by Gasteiger charge is -2.15. The van der Waals surface area contributed by atoms with Gasteiger partial charge in [0.25, 0.3) is 0 Å². The minimum atomic E-state index is -4.63. The van der Waals surface area contributed by atoms with Crippen LogP contribution in [0.25, 0.3) is 11.3 Å². The van der Waals surface area contributed by atoms with E-state index in [1.165, 1.54) is 0 Å². The first kappa shape index (κ1) is 20.8. The molecule has 1 heterocycles. The monoisotopic (exact) mass is 442 g/mol. The number of benzene rings is 1. The van der Waals surface area contributed by atoms with Crippen LogP contribution in [0.4, 0.5) is 13.2 Å². The fourth-order valence-electron chi connectivity index (χ4n) is 2.19. The van der Waals surface area contributed by atoms with Gasteiger partial charge in [-0.1, -0.05) is 23.7 Å². The summed E-state index contributed by atoms with van der Waals surface area (Å²) in [5.41, 5.74) is -0.467. The number of alkyl halides is 3. The Morgan fingerprint density at radius 1 is 1.29 bits per heavy atom. The maximum Gasteiger partial charge on any atom is 0.432 e. The van der Waals surface area contributed by atoms with E-state index in [1.54, 1.807) is 31.2 Å². The molecule has 0 aliphatic carbocycles. The molecule has 0 radical (unpaired) electrons. The second-order valence-electron chi connectivity index (χ2n) is 4.55. The molecule has 0 saturated carbocycles. The van der Waals surface area contributed by atoms with Crippen LogP contribution in [0.3, 0.4) is 0 Å². The maximum absolute atomic E-state index is 13.4. The molecule has 0 atom stereocenters. The number of nitriles is 1. The van der Waals surface area contributed by atoms with Crippen LogP contribution in [0, 0.1) is 11.3 Å². The number of nitrogens with zero attached hydrogens (tertiary/aromatic N) is 2. The van der Waals surface area contributed by atoms with Crippen LogP contribution in [0.2, 0.25) is 5.02 Å². The number of halogens is 6. The second kappa shape index (κ2) is 8.26. The van der Waals surface area contributed by atoms with Gasteiger partial charge in [-0.3, -0.25) is 0 Å². The van der Waals surface area contributed by atoms with Gasteiger partial charge in [0.15, 0.2) is 0 Å². The number of hydrogen-bond acceptors (Lipinski definition) is 2. The lowest BCUT2D eigenvalue weighted by Crippen LogP contribution is -2.16. The van der Waals surface area contributed by atoms with Crippen molar-refractivity contribution in [2.75, 3.05) is 6.61 Å². The third kappa shape index (κ3) is 4.06. The molecule has 0 unspecified atom stereocenters. The van der Waals surface area contributed by atoms with Gasteiger partial charge >= 0.3 is 6.18 Å². The third-order valence-electron chi connectivity index (χ3n) is 3.13. The van der Waals surface area contributed by atoms with E-state index in [9.17, 15) is 18.4 Å². The molecule has 2 aromatic rings. The zero-order chi connectivity index (χ0) is 17.2. The topological polar surface area (TPSA) is 38.0 Å². The Morgan fingerprint density at radius 3 is 2.33 bits per heavy atom. The average molecular weight is 444 g/mol. The second-order valence-corrected chi connectivity index (χ2v) is 5.78. The van der Waals surface area contributed by atoms with E-state index < -0.39 is 11.9 Å². The fourth-order valence-corrected chi connectivity index (χ4v) is 3.03. The standard InChI is InChI=1S/C15H11BrClF3N2O.ClH/c1-2-23-8-22-13(9-3-5-10(17)6-4-9)11(7-21)12(16)14(22)15(18,19)20;/h3-6H,2,8H2,1H3;1H. The molecule has 0 aliphatic heterocycles. The summed E-state index contributed by atoms with van der Waals surface area (Å²) in [6, 6.07) is 8.06. The predicted molar refractivity (Wildman–Crippen MR) is 91.2 cm³/mol. The summed E-state index contributed by atoms with van der Waals surface area (Å²) in [4.78, 5) is 0. The normalized spacial score (nSPS) is 11.0. The summed E-state index contributed by atoms with van der Waals surface area (Å²) in [7, 11) is 0. The first-order valence-electron chi connectivity index (χ1n) is 6.54. The van der Waals surface area contributed by atoms with E-state index in [1.807, 2.05) is 6.07 Å². The molecule has 0 fully saturated rings. The van der Waals surface area contributed by atoms with Gasteiger partial charge in [0, 0.05) is 11.6 Å². The SMILES string of the molecule is CCOCn1c(-c2ccc(Cl)cc2)c(C#N)c(Br)c1C(F)(F)F.Cl. The lowest BCUT2D eigenvalue weighted by atomic mass is 10.1. The molecule has 2 rings (SSSR count). The maximum atomic E-state index is 13.4. The van der Waals surface area contributed by atoms with Crippen molar-refractivity contribution in [3.05, 3.63) is 45.0 Å². The molecule has 0 bridgehead atoms. The van der Waals surface area contributed by atoms with Gasteiger partial charge in [0.1, 0.15) is 18.5 Å². The predicted octanol–water partition coefficient (Wildman–Crippen LogP) is 5.88. The van der Waals surface area contributed by atoms with Crippen LogP contribution in [-0.4, -0.2) is 11.2 Å². The van der Waals surface area contributed by atoms with Crippen molar-refractivity contribution in [1.29, 1.82) is 5.26 Å². The third-order valence-corrected chi connectivity index (χ3v) is 4.15. The summed E-state index contributed by atoms with van der Waals surface area (Å²) < 4.78 is 46.0. The Balaban J connectivity index is 0.00000288. The number of ether oxygens (including phenoxy) is 1. The van der Waals surface area contributed by atoms with Crippen molar-refractivity contribution in [3.8, 4) is 17.3 Å². The molecule has 9 heteroatoms. The van der Waals surface area contributed by atoms with E-state index in [2.05, 4.69) is 15.9 Å². The van der Waals surface area contributed by atoms with E-state index in [0.29, 0.717) is 10.6 Å². The summed E-state index contributed by atoms with van der Waals surface area (Å²) in [6.45, 7) is 1.61. The van der Waals surface area contributed by atoms with Gasteiger partial charge in [0.05, 0.1) is 15.7 Å². The largest absolute Gasteiger partial charge is 0.432 e. The Hall–Kier alpha value is -1.20. The summed E-state index contributed by atoms with van der Waals surface area (Å²) >= 11 is 8.73. The van der Waals surface area contributed by atoms with Crippen LogP contribution in [-0.2, 0) is 17.6 Å². The van der Waals surface area contributed by atoms with Gasteiger partial charge in [0.2, 0.25) is 0 Å². The van der Waals surface area contributed by atoms with Gasteiger partial charge < -0.3 is 9.30 Å². The van der Waals surface area contributed by atoms with Crippen molar-refractivity contribution in [3.63, 3.8) is 0 Å². The Morgan fingerprint density at radius 2 is 1.88 bits per heavy atom. The van der Waals surface area contributed by atoms with Crippen LogP contribution < -0.4 is 0 Å². The molecule has 1 aromatic carbocycles. The van der Waals surface area contributed by atoms with Crippen molar-refractivity contribution in [1.82, 2.24) is 4.57 Å². The van der Waals surface area contributed by atoms with Crippen molar-refractivity contribution < 1.29 is 17.9 Å². The first-order valence-corrected chi connectivity index (χ1v) is 7.71. The van der Waals surface area contributed by atoms with Gasteiger partial charge in [-0.2, -0.15) is 18.4 Å². The zero-order valence-corrected chi connectivity index (χ0v) is 15.5. The van der Waals surface area contributed by atoms with Crippen molar-refractivity contribution >= 4 is 39.9 Å². The highest BCUT2D eigenvalue weighted by atomic mass is 79.9. The minimum absolute atomic E-state index is 0. The van der Waals surface area contributed by atoms with Gasteiger partial charge in [-0.05, 0) is 40.5 Å². The van der Waals surface area contributed by atoms with Crippen LogP contribution >= 0.6 is 39.9 Å². The van der Waals surface area contributed by atoms with E-state index >= 15 is 0 Å². The minimum Gasteiger partial charge on any atom is -0.361 e. The Bertz CT molecular complexity index is 752. The molecular formula is C15H12BrCl2F3N2O. The van der Waals surface area contributed by atoms with E-state index in [4.69, 9.17) is 16.3 Å². The highest BCUT2D eigenvalue weighted by Gasteiger charge is 2.40. The average Bonchev–Trinajstić information content (AvgIpc) is 2.77. The van der Waals surface area contributed by atoms with Crippen LogP contribution in [0.1, 0.15) is 18.2 Å². The quantitative estimate of drug-likeness (QED) is 0.591. The van der Waals surface area contributed by atoms with Gasteiger partial charge in [-0.15, -0.1) is 12.4 Å². The molecular weight excluding hydrogens is 432 g/mol. The fraction of sp³-hybridized carbons (Fsp3) is 0.267. The summed E-state index contributed by atoms with van der Waals surface area (Å²) in [6.07, 6.45) is -4.63. The van der Waals surface area contributed by atoms with Crippen molar-refractivity contribution in [2.45, 2.75) is 19.8 Å². The molecule has 1 aromatic heterocycles. The summed E-state index contributed by atoms with van der Waals surface area (Å²) in [5.74, 6) is 0. The molecule has 0 amide bonds. The molecule has 130 valence electrons. The van der Waals surface area contributed by atoms with Crippen LogP contribution in [0.5, 0.6) is 0 Å². The molecule has 0 aliphatic rings. The highest BCUT2D eigenvalue weighted by molar-refractivity contribution is 9.10. The Kier molecular flexibility index (Phi) is 7.17.